The molecule has 6 nitrogen and oxygen atoms in total. The van der Waals surface area contributed by atoms with E-state index in [4.69, 9.17) is 11.6 Å². The number of nitrogens with one attached hydrogen (secondary N) is 1. The maximum absolute atomic E-state index is 14.4. The van der Waals surface area contributed by atoms with Crippen LogP contribution in [0.15, 0.2) is 60.9 Å². The number of aromatic nitrogens is 4. The Kier molecular flexibility index (Phi) is 6.63. The van der Waals surface area contributed by atoms with Gasteiger partial charge in [-0.1, -0.05) is 35.9 Å². The fourth-order valence-corrected chi connectivity index (χ4v) is 4.15. The van der Waals surface area contributed by atoms with Gasteiger partial charge in [0.1, 0.15) is 5.56 Å². The van der Waals surface area contributed by atoms with Gasteiger partial charge in [-0.25, -0.2) is 9.36 Å². The number of hydrogen-bond donors (Lipinski definition) is 1. The minimum atomic E-state index is -6.36. The maximum atomic E-state index is 14.4. The zero-order chi connectivity index (χ0) is 29.0. The van der Waals surface area contributed by atoms with Crippen LogP contribution in [0.25, 0.3) is 22.6 Å². The molecule has 1 aliphatic rings. The average molecular weight is 590 g/mol. The lowest BCUT2D eigenvalue weighted by atomic mass is 10.1. The van der Waals surface area contributed by atoms with Crippen LogP contribution in [0.4, 0.5) is 35.1 Å². The second-order valence-corrected chi connectivity index (χ2v) is 9.39. The number of carbonyl (C=O) groups excluding carboxylic acids is 1. The molecule has 40 heavy (non-hydrogen) atoms. The molecule has 2 aromatic heterocycles. The summed E-state index contributed by atoms with van der Waals surface area (Å²) in [6.45, 7) is 0. The van der Waals surface area contributed by atoms with Crippen LogP contribution in [-0.4, -0.2) is 37.7 Å². The molecule has 4 aromatic rings. The smallest absolute Gasteiger partial charge is 0.349 e. The van der Waals surface area contributed by atoms with Crippen LogP contribution in [0.1, 0.15) is 34.5 Å². The highest BCUT2D eigenvalue weighted by Gasteiger charge is 2.64. The number of benzene rings is 2. The van der Waals surface area contributed by atoms with Crippen molar-refractivity contribution in [3.8, 4) is 22.6 Å². The van der Waals surface area contributed by atoms with Gasteiger partial charge in [-0.05, 0) is 42.7 Å². The van der Waals surface area contributed by atoms with Crippen molar-refractivity contribution in [2.75, 3.05) is 0 Å². The van der Waals surface area contributed by atoms with Gasteiger partial charge >= 0.3 is 18.3 Å². The van der Waals surface area contributed by atoms with Crippen LogP contribution in [0.3, 0.4) is 0 Å². The zero-order valence-corrected chi connectivity index (χ0v) is 20.6. The van der Waals surface area contributed by atoms with E-state index < -0.39 is 41.3 Å². The first-order valence-corrected chi connectivity index (χ1v) is 11.9. The van der Waals surface area contributed by atoms with Gasteiger partial charge in [-0.3, -0.25) is 4.79 Å². The third kappa shape index (κ3) is 5.03. The zero-order valence-electron chi connectivity index (χ0n) is 19.9. The molecule has 1 aliphatic carbocycles. The Labute approximate surface area is 225 Å². The Morgan fingerprint density at radius 2 is 1.62 bits per heavy atom. The molecule has 0 atom stereocenters. The van der Waals surface area contributed by atoms with Crippen molar-refractivity contribution < 1.29 is 39.9 Å². The molecule has 0 spiro atoms. The van der Waals surface area contributed by atoms with Crippen molar-refractivity contribution in [1.29, 1.82) is 0 Å². The SMILES string of the molecule is O=C(NC1CC1)c1cc(-c2cnn(-c3c(C(F)(F)F)c(C(F)(F)C(F)(F)F)nn3-c3ccccc3)c2)ccc1Cl. The molecule has 0 saturated heterocycles. The monoisotopic (exact) mass is 589 g/mol. The summed E-state index contributed by atoms with van der Waals surface area (Å²) in [5.74, 6) is -7.60. The number of alkyl halides is 8. The van der Waals surface area contributed by atoms with Crippen LogP contribution in [0, 0.1) is 0 Å². The van der Waals surface area contributed by atoms with Gasteiger partial charge in [-0.15, -0.1) is 0 Å². The molecule has 2 heterocycles. The summed E-state index contributed by atoms with van der Waals surface area (Å²) in [7, 11) is 0. The van der Waals surface area contributed by atoms with Crippen LogP contribution in [0.2, 0.25) is 5.02 Å². The molecule has 0 bridgehead atoms. The number of amides is 1. The molecular weight excluding hydrogens is 574 g/mol. The largest absolute Gasteiger partial charge is 0.459 e. The van der Waals surface area contributed by atoms with E-state index in [0.717, 1.165) is 25.2 Å². The third-order valence-corrected chi connectivity index (χ3v) is 6.38. The normalized spacial score (nSPS) is 14.4. The van der Waals surface area contributed by atoms with E-state index in [1.807, 2.05) is 0 Å². The van der Waals surface area contributed by atoms with Crippen LogP contribution in [-0.2, 0) is 12.1 Å². The fourth-order valence-electron chi connectivity index (χ4n) is 3.94. The molecule has 0 unspecified atom stereocenters. The Balaban J connectivity index is 1.68. The number of nitrogens with zero attached hydrogens (tertiary/aromatic N) is 4. The number of halogens is 9. The minimum absolute atomic E-state index is 0.0121. The van der Waals surface area contributed by atoms with Crippen molar-refractivity contribution in [2.24, 2.45) is 0 Å². The van der Waals surface area contributed by atoms with E-state index in [1.54, 1.807) is 0 Å². The molecule has 1 saturated carbocycles. The molecule has 0 aliphatic heterocycles. The van der Waals surface area contributed by atoms with Crippen molar-refractivity contribution in [3.05, 3.63) is 82.8 Å². The van der Waals surface area contributed by atoms with E-state index in [-0.39, 0.29) is 33.4 Å². The number of hydrogen-bond acceptors (Lipinski definition) is 3. The summed E-state index contributed by atoms with van der Waals surface area (Å²) in [5.41, 5.74) is -4.58. The van der Waals surface area contributed by atoms with Gasteiger partial charge in [0.2, 0.25) is 0 Å². The lowest BCUT2D eigenvalue weighted by Gasteiger charge is -2.19. The van der Waals surface area contributed by atoms with E-state index in [9.17, 15) is 39.9 Å². The molecule has 1 amide bonds. The molecule has 1 N–H and O–H groups in total. The van der Waals surface area contributed by atoms with Gasteiger partial charge in [0, 0.05) is 17.8 Å². The standard InChI is InChI=1S/C25H16ClF8N5O/c26-18-9-6-13(10-17(18)21(40)36-15-7-8-15)14-11-35-38(12-14)22-19(24(29,30)31)20(23(27,28)25(32,33)34)37-39(22)16-4-2-1-3-5-16/h1-6,9-12,15H,7-8H2,(H,36,40). The fraction of sp³-hybridized carbons (Fsp3) is 0.240. The molecular formula is C25H16ClF8N5O. The Hall–Kier alpha value is -3.94. The van der Waals surface area contributed by atoms with Crippen LogP contribution >= 0.6 is 11.6 Å². The quantitative estimate of drug-likeness (QED) is 0.248. The minimum Gasteiger partial charge on any atom is -0.349 e. The third-order valence-electron chi connectivity index (χ3n) is 6.06. The summed E-state index contributed by atoms with van der Waals surface area (Å²) < 4.78 is 112. The molecule has 210 valence electrons. The van der Waals surface area contributed by atoms with Crippen molar-refractivity contribution in [1.82, 2.24) is 24.9 Å². The molecule has 15 heteroatoms. The summed E-state index contributed by atoms with van der Waals surface area (Å²) >= 11 is 6.14. The first kappa shape index (κ1) is 27.6. The number of rotatable bonds is 6. The Morgan fingerprint density at radius 3 is 2.23 bits per heavy atom. The number of para-hydroxylation sites is 1. The van der Waals surface area contributed by atoms with Gasteiger partial charge in [0.15, 0.2) is 11.5 Å². The van der Waals surface area contributed by atoms with Crippen molar-refractivity contribution >= 4 is 17.5 Å². The predicted octanol–water partition coefficient (Wildman–Crippen LogP) is 6.94. The van der Waals surface area contributed by atoms with Gasteiger partial charge in [0.25, 0.3) is 5.91 Å². The molecule has 1 fully saturated rings. The van der Waals surface area contributed by atoms with Crippen LogP contribution < -0.4 is 5.32 Å². The first-order chi connectivity index (χ1) is 18.7. The first-order valence-electron chi connectivity index (χ1n) is 11.5. The van der Waals surface area contributed by atoms with Crippen molar-refractivity contribution in [3.63, 3.8) is 0 Å². The van der Waals surface area contributed by atoms with Crippen LogP contribution in [0.5, 0.6) is 0 Å². The van der Waals surface area contributed by atoms with E-state index in [1.165, 1.54) is 48.5 Å². The Bertz CT molecular complexity index is 1570. The second kappa shape index (κ2) is 9.61. The lowest BCUT2D eigenvalue weighted by Crippen LogP contribution is -2.36. The topological polar surface area (TPSA) is 64.7 Å². The highest BCUT2D eigenvalue weighted by atomic mass is 35.5. The van der Waals surface area contributed by atoms with E-state index in [0.29, 0.717) is 9.36 Å². The molecule has 5 rings (SSSR count). The van der Waals surface area contributed by atoms with Gasteiger partial charge < -0.3 is 5.32 Å². The lowest BCUT2D eigenvalue weighted by molar-refractivity contribution is -0.292. The average Bonchev–Trinajstić information content (AvgIpc) is 3.38. The predicted molar refractivity (Wildman–Crippen MR) is 127 cm³/mol. The highest BCUT2D eigenvalue weighted by Crippen LogP contribution is 2.49. The summed E-state index contributed by atoms with van der Waals surface area (Å²) in [4.78, 5) is 12.5. The van der Waals surface area contributed by atoms with E-state index >= 15 is 0 Å². The number of carbonyl (C=O) groups is 1. The summed E-state index contributed by atoms with van der Waals surface area (Å²) in [5, 5.41) is 9.82. The summed E-state index contributed by atoms with van der Waals surface area (Å²) in [6.07, 6.45) is -8.38. The maximum Gasteiger partial charge on any atom is 0.459 e. The molecule has 2 aromatic carbocycles. The van der Waals surface area contributed by atoms with E-state index in [2.05, 4.69) is 15.5 Å². The highest BCUT2D eigenvalue weighted by molar-refractivity contribution is 6.34. The summed E-state index contributed by atoms with van der Waals surface area (Å²) in [6, 6.07) is 10.7. The molecule has 0 radical (unpaired) electrons. The van der Waals surface area contributed by atoms with Crippen molar-refractivity contribution in [2.45, 2.75) is 37.2 Å². The Morgan fingerprint density at radius 1 is 0.950 bits per heavy atom. The van der Waals surface area contributed by atoms with Gasteiger partial charge in [-0.2, -0.15) is 45.3 Å². The van der Waals surface area contributed by atoms with Gasteiger partial charge in [0.05, 0.1) is 22.5 Å². The second-order valence-electron chi connectivity index (χ2n) is 8.98.